The molecule has 0 fully saturated rings. The summed E-state index contributed by atoms with van der Waals surface area (Å²) in [6, 6.07) is 8.35. The number of hydrogen-bond acceptors (Lipinski definition) is 5. The van der Waals surface area contributed by atoms with Crippen molar-refractivity contribution >= 4 is 39.9 Å². The fraction of sp³-hybridized carbons (Fsp3) is 0.250. The number of aromatic nitrogens is 1. The van der Waals surface area contributed by atoms with Crippen LogP contribution in [0, 0.1) is 0 Å². The molecule has 2 rings (SSSR count). The zero-order chi connectivity index (χ0) is 19.2. The molecule has 27 heavy (non-hydrogen) atoms. The lowest BCUT2D eigenvalue weighted by molar-refractivity contribution is -0.115. The van der Waals surface area contributed by atoms with Crippen LogP contribution >= 0.6 is 12.4 Å². The van der Waals surface area contributed by atoms with Gasteiger partial charge in [0, 0.05) is 18.4 Å². The topological polar surface area (TPSA) is 146 Å². The van der Waals surface area contributed by atoms with E-state index in [1.165, 1.54) is 0 Å². The number of aromatic amines is 1. The SMILES string of the molecule is CCNCc1cccc(NC(=O)CNS(=O)(=O)c2c[nH]c(C(N)=O)c2)c1.Cl. The van der Waals surface area contributed by atoms with Crippen molar-refractivity contribution in [3.63, 3.8) is 0 Å². The van der Waals surface area contributed by atoms with Gasteiger partial charge in [-0.2, -0.15) is 0 Å². The van der Waals surface area contributed by atoms with E-state index in [0.717, 1.165) is 24.4 Å². The summed E-state index contributed by atoms with van der Waals surface area (Å²) in [6.07, 6.45) is 1.13. The summed E-state index contributed by atoms with van der Waals surface area (Å²) in [5.74, 6) is -1.29. The Balaban J connectivity index is 0.00000364. The number of hydrogen-bond donors (Lipinski definition) is 5. The van der Waals surface area contributed by atoms with Crippen LogP contribution in [0.25, 0.3) is 0 Å². The fourth-order valence-electron chi connectivity index (χ4n) is 2.15. The van der Waals surface area contributed by atoms with E-state index >= 15 is 0 Å². The van der Waals surface area contributed by atoms with Crippen LogP contribution < -0.4 is 21.1 Å². The molecule has 9 nitrogen and oxygen atoms in total. The third-order valence-corrected chi connectivity index (χ3v) is 4.83. The summed E-state index contributed by atoms with van der Waals surface area (Å²) < 4.78 is 26.4. The van der Waals surface area contributed by atoms with Gasteiger partial charge in [-0.1, -0.05) is 19.1 Å². The van der Waals surface area contributed by atoms with Gasteiger partial charge in [0.05, 0.1) is 6.54 Å². The standard InChI is InChI=1S/C16H21N5O4S.ClH/c1-2-18-8-11-4-3-5-12(6-11)21-15(22)10-20-26(24,25)13-7-14(16(17)23)19-9-13;/h3-7,9,18-20H,2,8,10H2,1H3,(H2,17,23)(H,21,22);1H. The Morgan fingerprint density at radius 3 is 2.59 bits per heavy atom. The number of nitrogens with two attached hydrogens (primary N) is 1. The Hall–Kier alpha value is -2.40. The number of nitrogens with one attached hydrogen (secondary N) is 4. The first-order valence-corrected chi connectivity index (χ1v) is 9.37. The van der Waals surface area contributed by atoms with Crippen molar-refractivity contribution < 1.29 is 18.0 Å². The summed E-state index contributed by atoms with van der Waals surface area (Å²) in [7, 11) is -3.94. The first kappa shape index (κ1) is 22.6. The summed E-state index contributed by atoms with van der Waals surface area (Å²) >= 11 is 0. The number of rotatable bonds is 9. The highest BCUT2D eigenvalue weighted by Crippen LogP contribution is 2.12. The lowest BCUT2D eigenvalue weighted by Crippen LogP contribution is -2.32. The second kappa shape index (κ2) is 10.1. The van der Waals surface area contributed by atoms with Crippen molar-refractivity contribution in [2.45, 2.75) is 18.4 Å². The Kier molecular flexibility index (Phi) is 8.44. The minimum atomic E-state index is -3.94. The van der Waals surface area contributed by atoms with E-state index in [4.69, 9.17) is 5.73 Å². The fourth-order valence-corrected chi connectivity index (χ4v) is 3.12. The first-order valence-electron chi connectivity index (χ1n) is 7.89. The minimum absolute atomic E-state index is 0. The van der Waals surface area contributed by atoms with Crippen LogP contribution in [0.1, 0.15) is 23.0 Å². The molecule has 6 N–H and O–H groups in total. The molecule has 0 radical (unpaired) electrons. The predicted molar refractivity (Wildman–Crippen MR) is 104 cm³/mol. The molecule has 11 heteroatoms. The van der Waals surface area contributed by atoms with Crippen LogP contribution in [-0.2, 0) is 21.4 Å². The van der Waals surface area contributed by atoms with E-state index in [-0.39, 0.29) is 23.0 Å². The first-order chi connectivity index (χ1) is 12.3. The Morgan fingerprint density at radius 1 is 1.22 bits per heavy atom. The highest BCUT2D eigenvalue weighted by atomic mass is 35.5. The Morgan fingerprint density at radius 2 is 1.96 bits per heavy atom. The molecule has 0 saturated heterocycles. The average molecular weight is 416 g/mol. The van der Waals surface area contributed by atoms with E-state index in [9.17, 15) is 18.0 Å². The maximum Gasteiger partial charge on any atom is 0.265 e. The van der Waals surface area contributed by atoms with Crippen LogP contribution in [0.3, 0.4) is 0 Å². The average Bonchev–Trinajstić information content (AvgIpc) is 3.10. The van der Waals surface area contributed by atoms with E-state index < -0.39 is 28.4 Å². The molecule has 0 aliphatic carbocycles. The van der Waals surface area contributed by atoms with E-state index in [0.29, 0.717) is 12.2 Å². The molecule has 2 amide bonds. The highest BCUT2D eigenvalue weighted by Gasteiger charge is 2.18. The molecule has 0 atom stereocenters. The highest BCUT2D eigenvalue weighted by molar-refractivity contribution is 7.89. The van der Waals surface area contributed by atoms with Gasteiger partial charge in [0.15, 0.2) is 0 Å². The molecule has 0 saturated carbocycles. The van der Waals surface area contributed by atoms with Crippen LogP contribution in [0.5, 0.6) is 0 Å². The zero-order valence-electron chi connectivity index (χ0n) is 14.6. The predicted octanol–water partition coefficient (Wildman–Crippen LogP) is 0.562. The monoisotopic (exact) mass is 415 g/mol. The van der Waals surface area contributed by atoms with Crippen LogP contribution in [-0.4, -0.2) is 38.3 Å². The number of carbonyl (C=O) groups excluding carboxylic acids is 2. The molecule has 0 unspecified atom stereocenters. The van der Waals surface area contributed by atoms with E-state index in [1.807, 2.05) is 13.0 Å². The van der Waals surface area contributed by atoms with Crippen LogP contribution in [0.2, 0.25) is 0 Å². The van der Waals surface area contributed by atoms with Crippen LogP contribution in [0.15, 0.2) is 41.4 Å². The summed E-state index contributed by atoms with van der Waals surface area (Å²) in [5, 5.41) is 5.81. The number of halogens is 1. The second-order valence-corrected chi connectivity index (χ2v) is 7.23. The molecule has 0 spiro atoms. The normalized spacial score (nSPS) is 10.9. The lowest BCUT2D eigenvalue weighted by Gasteiger charge is -2.09. The third-order valence-electron chi connectivity index (χ3n) is 3.44. The van der Waals surface area contributed by atoms with Crippen molar-refractivity contribution in [1.82, 2.24) is 15.0 Å². The molecule has 148 valence electrons. The number of primary amides is 1. The maximum atomic E-state index is 12.1. The van der Waals surface area contributed by atoms with E-state index in [2.05, 4.69) is 20.3 Å². The Bertz CT molecular complexity index is 898. The van der Waals surface area contributed by atoms with Gasteiger partial charge in [-0.15, -0.1) is 12.4 Å². The maximum absolute atomic E-state index is 12.1. The van der Waals surface area contributed by atoms with Gasteiger partial charge >= 0.3 is 0 Å². The van der Waals surface area contributed by atoms with Crippen molar-refractivity contribution in [1.29, 1.82) is 0 Å². The molecule has 0 aliphatic heterocycles. The van der Waals surface area contributed by atoms with Gasteiger partial charge in [0.25, 0.3) is 5.91 Å². The van der Waals surface area contributed by atoms with Crippen LogP contribution in [0.4, 0.5) is 5.69 Å². The van der Waals surface area contributed by atoms with Gasteiger partial charge in [-0.05, 0) is 30.3 Å². The van der Waals surface area contributed by atoms with Gasteiger partial charge in [0.1, 0.15) is 10.6 Å². The molecular formula is C16H22ClN5O4S. The number of carbonyl (C=O) groups is 2. The molecule has 0 bridgehead atoms. The van der Waals surface area contributed by atoms with Crippen molar-refractivity contribution in [2.24, 2.45) is 5.73 Å². The smallest absolute Gasteiger partial charge is 0.265 e. The molecule has 1 heterocycles. The summed E-state index contributed by atoms with van der Waals surface area (Å²) in [4.78, 5) is 25.3. The number of amides is 2. The molecule has 1 aromatic heterocycles. The van der Waals surface area contributed by atoms with Gasteiger partial charge < -0.3 is 21.4 Å². The molecular weight excluding hydrogens is 394 g/mol. The third kappa shape index (κ3) is 6.68. The van der Waals surface area contributed by atoms with E-state index in [1.54, 1.807) is 18.2 Å². The van der Waals surface area contributed by atoms with Crippen molar-refractivity contribution in [3.05, 3.63) is 47.8 Å². The number of benzene rings is 1. The second-order valence-electron chi connectivity index (χ2n) is 5.47. The van der Waals surface area contributed by atoms with Crippen molar-refractivity contribution in [2.75, 3.05) is 18.4 Å². The summed E-state index contributed by atoms with van der Waals surface area (Å²) in [5.41, 5.74) is 6.60. The quantitative estimate of drug-likeness (QED) is 0.406. The largest absolute Gasteiger partial charge is 0.364 e. The minimum Gasteiger partial charge on any atom is -0.364 e. The number of sulfonamides is 1. The van der Waals surface area contributed by atoms with Gasteiger partial charge in [-0.3, -0.25) is 9.59 Å². The Labute approximate surface area is 163 Å². The van der Waals surface area contributed by atoms with Gasteiger partial charge in [-0.25, -0.2) is 13.1 Å². The molecule has 1 aromatic carbocycles. The zero-order valence-corrected chi connectivity index (χ0v) is 16.2. The van der Waals surface area contributed by atoms with Gasteiger partial charge in [0.2, 0.25) is 15.9 Å². The molecule has 2 aromatic rings. The summed E-state index contributed by atoms with van der Waals surface area (Å²) in [6.45, 7) is 3.04. The lowest BCUT2D eigenvalue weighted by atomic mass is 10.2. The number of anilines is 1. The molecule has 0 aliphatic rings. The van der Waals surface area contributed by atoms with Crippen molar-refractivity contribution in [3.8, 4) is 0 Å². The number of H-pyrrole nitrogens is 1.